The first-order chi connectivity index (χ1) is 6.65. The van der Waals surface area contributed by atoms with Crippen LogP contribution in [0.15, 0.2) is 4.63 Å². The predicted molar refractivity (Wildman–Crippen MR) is 48.8 cm³/mol. The molecule has 1 unspecified atom stereocenters. The molecule has 1 aromatic heterocycles. The Morgan fingerprint density at radius 3 is 2.71 bits per heavy atom. The lowest BCUT2D eigenvalue weighted by Gasteiger charge is -2.08. The van der Waals surface area contributed by atoms with Crippen LogP contribution in [0.5, 0.6) is 0 Å². The average Bonchev–Trinajstić information content (AvgIpc) is 2.51. The van der Waals surface area contributed by atoms with Crippen LogP contribution >= 0.6 is 0 Å². The van der Waals surface area contributed by atoms with E-state index >= 15 is 0 Å². The highest BCUT2D eigenvalue weighted by Gasteiger charge is 2.20. The van der Waals surface area contributed by atoms with E-state index in [1.54, 1.807) is 6.92 Å². The molecule has 0 saturated heterocycles. The highest BCUT2D eigenvalue weighted by Crippen LogP contribution is 2.14. The Kier molecular flexibility index (Phi) is 3.62. The quantitative estimate of drug-likeness (QED) is 0.774. The molecule has 0 fully saturated rings. The molecular formula is C9H14N2O3. The number of hydrogen-bond acceptors (Lipinski definition) is 4. The number of rotatable bonds is 5. The molecule has 0 aliphatic carbocycles. The number of carboxylic acids is 1. The van der Waals surface area contributed by atoms with E-state index in [0.29, 0.717) is 24.2 Å². The summed E-state index contributed by atoms with van der Waals surface area (Å²) < 4.78 is 4.51. The van der Waals surface area contributed by atoms with Crippen LogP contribution in [0.2, 0.25) is 0 Å². The summed E-state index contributed by atoms with van der Waals surface area (Å²) in [7, 11) is 0. The molecule has 5 nitrogen and oxygen atoms in total. The van der Waals surface area contributed by atoms with Crippen molar-refractivity contribution in [2.75, 3.05) is 0 Å². The van der Waals surface area contributed by atoms with Crippen LogP contribution in [-0.2, 0) is 11.2 Å². The molecule has 0 radical (unpaired) electrons. The van der Waals surface area contributed by atoms with Gasteiger partial charge < -0.3 is 5.11 Å². The van der Waals surface area contributed by atoms with E-state index in [0.717, 1.165) is 6.42 Å². The number of hydrogen-bond donors (Lipinski definition) is 1. The van der Waals surface area contributed by atoms with Crippen molar-refractivity contribution < 1.29 is 14.5 Å². The third kappa shape index (κ3) is 2.55. The van der Waals surface area contributed by atoms with Crippen LogP contribution in [0.25, 0.3) is 0 Å². The summed E-state index contributed by atoms with van der Waals surface area (Å²) in [6.45, 7) is 3.72. The van der Waals surface area contributed by atoms with E-state index in [1.165, 1.54) is 0 Å². The molecule has 1 rings (SSSR count). The van der Waals surface area contributed by atoms with Gasteiger partial charge in [-0.2, -0.15) is 0 Å². The molecule has 0 aromatic carbocycles. The Labute approximate surface area is 82.1 Å². The van der Waals surface area contributed by atoms with Crippen LogP contribution in [0.3, 0.4) is 0 Å². The maximum absolute atomic E-state index is 10.8. The zero-order valence-electron chi connectivity index (χ0n) is 8.36. The van der Waals surface area contributed by atoms with Gasteiger partial charge >= 0.3 is 5.97 Å². The smallest absolute Gasteiger partial charge is 0.306 e. The zero-order chi connectivity index (χ0) is 10.6. The highest BCUT2D eigenvalue weighted by atomic mass is 16.6. The van der Waals surface area contributed by atoms with E-state index in [-0.39, 0.29) is 5.92 Å². The van der Waals surface area contributed by atoms with Gasteiger partial charge in [-0.25, -0.2) is 4.63 Å². The molecule has 0 spiro atoms. The van der Waals surface area contributed by atoms with Gasteiger partial charge in [0.25, 0.3) is 0 Å². The van der Waals surface area contributed by atoms with Gasteiger partial charge in [0, 0.05) is 6.42 Å². The number of carbonyl (C=O) groups is 1. The summed E-state index contributed by atoms with van der Waals surface area (Å²) in [5, 5.41) is 16.2. The summed E-state index contributed by atoms with van der Waals surface area (Å²) in [5.41, 5.74) is 1.32. The van der Waals surface area contributed by atoms with E-state index in [9.17, 15) is 4.79 Å². The summed E-state index contributed by atoms with van der Waals surface area (Å²) in [4.78, 5) is 10.8. The summed E-state index contributed by atoms with van der Waals surface area (Å²) in [5.74, 6) is -1.17. The molecule has 0 saturated carbocycles. The molecule has 5 heteroatoms. The van der Waals surface area contributed by atoms with Crippen molar-refractivity contribution in [1.82, 2.24) is 10.3 Å². The largest absolute Gasteiger partial charge is 0.481 e. The van der Waals surface area contributed by atoms with Gasteiger partial charge in [0.2, 0.25) is 0 Å². The van der Waals surface area contributed by atoms with Gasteiger partial charge in [-0.1, -0.05) is 23.7 Å². The number of carboxylic acid groups (broad SMARTS) is 1. The van der Waals surface area contributed by atoms with Gasteiger partial charge in [0.05, 0.1) is 5.92 Å². The van der Waals surface area contributed by atoms with Crippen LogP contribution < -0.4 is 0 Å². The fourth-order valence-corrected chi connectivity index (χ4v) is 1.33. The third-order valence-corrected chi connectivity index (χ3v) is 2.17. The second kappa shape index (κ2) is 4.74. The molecule has 1 aromatic rings. The van der Waals surface area contributed by atoms with Gasteiger partial charge in [0.15, 0.2) is 0 Å². The molecule has 78 valence electrons. The lowest BCUT2D eigenvalue weighted by atomic mass is 9.97. The van der Waals surface area contributed by atoms with Gasteiger partial charge in [0.1, 0.15) is 11.4 Å². The summed E-state index contributed by atoms with van der Waals surface area (Å²) in [6, 6.07) is 0. The molecule has 14 heavy (non-hydrogen) atoms. The van der Waals surface area contributed by atoms with Crippen molar-refractivity contribution in [2.45, 2.75) is 33.1 Å². The Morgan fingerprint density at radius 1 is 1.57 bits per heavy atom. The normalized spacial score (nSPS) is 12.7. The monoisotopic (exact) mass is 198 g/mol. The van der Waals surface area contributed by atoms with Crippen LogP contribution in [0.4, 0.5) is 0 Å². The molecule has 0 aliphatic rings. The third-order valence-electron chi connectivity index (χ3n) is 2.17. The molecule has 1 atom stereocenters. The zero-order valence-corrected chi connectivity index (χ0v) is 8.36. The van der Waals surface area contributed by atoms with Gasteiger partial charge in [-0.05, 0) is 13.3 Å². The highest BCUT2D eigenvalue weighted by molar-refractivity contribution is 5.70. The maximum atomic E-state index is 10.8. The molecular weight excluding hydrogens is 184 g/mol. The minimum absolute atomic E-state index is 0.384. The molecule has 1 N–H and O–H groups in total. The number of aliphatic carboxylic acids is 1. The van der Waals surface area contributed by atoms with Crippen LogP contribution in [0, 0.1) is 12.8 Å². The average molecular weight is 198 g/mol. The van der Waals surface area contributed by atoms with Crippen LogP contribution in [-0.4, -0.2) is 21.4 Å². The topological polar surface area (TPSA) is 76.2 Å². The minimum atomic E-state index is -0.783. The van der Waals surface area contributed by atoms with Gasteiger partial charge in [-0.15, -0.1) is 0 Å². The SMILES string of the molecule is CCCC(Cc1nonc1C)C(=O)O. The molecule has 0 bridgehead atoms. The first kappa shape index (κ1) is 10.7. The molecule has 1 heterocycles. The standard InChI is InChI=1S/C9H14N2O3/c1-3-4-7(9(12)13)5-8-6(2)10-14-11-8/h7H,3-5H2,1-2H3,(H,12,13). The minimum Gasteiger partial charge on any atom is -0.481 e. The first-order valence-electron chi connectivity index (χ1n) is 4.66. The predicted octanol–water partition coefficient (Wildman–Crippen LogP) is 1.42. The number of aromatic nitrogens is 2. The van der Waals surface area contributed by atoms with Crippen molar-refractivity contribution in [3.05, 3.63) is 11.4 Å². The van der Waals surface area contributed by atoms with E-state index in [2.05, 4.69) is 14.9 Å². The lowest BCUT2D eigenvalue weighted by Crippen LogP contribution is -2.16. The fraction of sp³-hybridized carbons (Fsp3) is 0.667. The van der Waals surface area contributed by atoms with E-state index < -0.39 is 5.97 Å². The van der Waals surface area contributed by atoms with Crippen molar-refractivity contribution >= 4 is 5.97 Å². The second-order valence-electron chi connectivity index (χ2n) is 3.32. The second-order valence-corrected chi connectivity index (χ2v) is 3.32. The number of nitrogens with zero attached hydrogens (tertiary/aromatic N) is 2. The van der Waals surface area contributed by atoms with Crippen molar-refractivity contribution in [3.8, 4) is 0 Å². The van der Waals surface area contributed by atoms with Gasteiger partial charge in [-0.3, -0.25) is 4.79 Å². The van der Waals surface area contributed by atoms with Crippen molar-refractivity contribution in [1.29, 1.82) is 0 Å². The lowest BCUT2D eigenvalue weighted by molar-refractivity contribution is -0.142. The Balaban J connectivity index is 2.64. The van der Waals surface area contributed by atoms with E-state index in [1.807, 2.05) is 6.92 Å². The Hall–Kier alpha value is -1.39. The van der Waals surface area contributed by atoms with Crippen molar-refractivity contribution in [2.24, 2.45) is 5.92 Å². The first-order valence-corrected chi connectivity index (χ1v) is 4.66. The molecule has 0 aliphatic heterocycles. The fourth-order valence-electron chi connectivity index (χ4n) is 1.33. The van der Waals surface area contributed by atoms with Crippen LogP contribution in [0.1, 0.15) is 31.2 Å². The van der Waals surface area contributed by atoms with Crippen molar-refractivity contribution in [3.63, 3.8) is 0 Å². The van der Waals surface area contributed by atoms with E-state index in [4.69, 9.17) is 5.11 Å². The molecule has 0 amide bonds. The Bertz CT molecular complexity index is 309. The Morgan fingerprint density at radius 2 is 2.29 bits per heavy atom. The number of aryl methyl sites for hydroxylation is 1. The summed E-state index contributed by atoms with van der Waals surface area (Å²) >= 11 is 0. The maximum Gasteiger partial charge on any atom is 0.306 e. The summed E-state index contributed by atoms with van der Waals surface area (Å²) in [6.07, 6.45) is 1.90.